The van der Waals surface area contributed by atoms with Gasteiger partial charge in [-0.3, -0.25) is 0 Å². The molecular weight excluding hydrogens is 229 g/mol. The minimum Gasteiger partial charge on any atom is -0.395 e. The van der Waals surface area contributed by atoms with Gasteiger partial charge in [0.2, 0.25) is 0 Å². The first-order valence-electron chi connectivity index (χ1n) is 6.62. The van der Waals surface area contributed by atoms with Crippen LogP contribution in [0.2, 0.25) is 0 Å². The van der Waals surface area contributed by atoms with Crippen LogP contribution in [0.3, 0.4) is 0 Å². The van der Waals surface area contributed by atoms with Crippen LogP contribution in [-0.4, -0.2) is 37.6 Å². The molecule has 0 aromatic heterocycles. The maximum Gasteiger partial charge on any atom is 0.148 e. The topological polar surface area (TPSA) is 32.5 Å². The third-order valence-corrected chi connectivity index (χ3v) is 3.71. The molecule has 1 aliphatic rings. The van der Waals surface area contributed by atoms with Gasteiger partial charge in [0, 0.05) is 19.1 Å². The summed E-state index contributed by atoms with van der Waals surface area (Å²) in [6, 6.07) is 5.49. The number of nitrogens with zero attached hydrogens (tertiary/aromatic N) is 2. The van der Waals surface area contributed by atoms with E-state index in [4.69, 9.17) is 5.73 Å². The molecule has 1 saturated heterocycles. The van der Waals surface area contributed by atoms with Crippen molar-refractivity contribution in [3.63, 3.8) is 0 Å². The van der Waals surface area contributed by atoms with E-state index in [-0.39, 0.29) is 11.5 Å². The molecule has 2 N–H and O–H groups in total. The molecule has 18 heavy (non-hydrogen) atoms. The fourth-order valence-corrected chi connectivity index (χ4v) is 2.69. The highest BCUT2D eigenvalue weighted by Gasteiger charge is 2.24. The number of hydrogen-bond donors (Lipinski definition) is 1. The standard InChI is InChI=1S/C14H22FN3/c1-3-11-10-17(2)8-5-9-18(11)13-7-4-6-12(15)14(13)16/h4,6-7,11H,3,5,8-10,16H2,1-2H3. The Bertz CT molecular complexity index is 408. The van der Waals surface area contributed by atoms with E-state index in [1.54, 1.807) is 6.07 Å². The predicted octanol–water partition coefficient (Wildman–Crippen LogP) is 2.33. The van der Waals surface area contributed by atoms with E-state index in [1.807, 2.05) is 6.07 Å². The molecule has 0 saturated carbocycles. The van der Waals surface area contributed by atoms with Gasteiger partial charge in [-0.15, -0.1) is 0 Å². The average molecular weight is 251 g/mol. The lowest BCUT2D eigenvalue weighted by Crippen LogP contribution is -2.40. The first kappa shape index (κ1) is 13.1. The molecule has 1 aromatic carbocycles. The Morgan fingerprint density at radius 2 is 2.17 bits per heavy atom. The molecule has 1 heterocycles. The van der Waals surface area contributed by atoms with Crippen LogP contribution in [0.4, 0.5) is 15.8 Å². The van der Waals surface area contributed by atoms with Crippen LogP contribution in [-0.2, 0) is 0 Å². The van der Waals surface area contributed by atoms with Gasteiger partial charge in [-0.2, -0.15) is 0 Å². The monoisotopic (exact) mass is 251 g/mol. The Balaban J connectivity index is 2.31. The lowest BCUT2D eigenvalue weighted by atomic mass is 10.1. The molecule has 3 nitrogen and oxygen atoms in total. The van der Waals surface area contributed by atoms with E-state index >= 15 is 0 Å². The smallest absolute Gasteiger partial charge is 0.148 e. The van der Waals surface area contributed by atoms with Crippen LogP contribution in [0.5, 0.6) is 0 Å². The van der Waals surface area contributed by atoms with Crippen molar-refractivity contribution in [2.24, 2.45) is 0 Å². The maximum atomic E-state index is 13.6. The highest BCUT2D eigenvalue weighted by atomic mass is 19.1. The Kier molecular flexibility index (Phi) is 4.07. The van der Waals surface area contributed by atoms with Crippen molar-refractivity contribution in [3.05, 3.63) is 24.0 Å². The van der Waals surface area contributed by atoms with Crippen LogP contribution in [0.25, 0.3) is 0 Å². The van der Waals surface area contributed by atoms with E-state index in [9.17, 15) is 4.39 Å². The normalized spacial score (nSPS) is 21.9. The molecular formula is C14H22FN3. The van der Waals surface area contributed by atoms with Gasteiger partial charge in [-0.1, -0.05) is 13.0 Å². The molecule has 1 atom stereocenters. The average Bonchev–Trinajstić information content (AvgIpc) is 2.54. The van der Waals surface area contributed by atoms with Crippen LogP contribution in [0, 0.1) is 5.82 Å². The second-order valence-electron chi connectivity index (χ2n) is 5.04. The summed E-state index contributed by atoms with van der Waals surface area (Å²) in [5.41, 5.74) is 7.01. The van der Waals surface area contributed by atoms with Crippen LogP contribution < -0.4 is 10.6 Å². The summed E-state index contributed by atoms with van der Waals surface area (Å²) in [5, 5.41) is 0. The highest BCUT2D eigenvalue weighted by Crippen LogP contribution is 2.29. The number of anilines is 2. The molecule has 1 aromatic rings. The fraction of sp³-hybridized carbons (Fsp3) is 0.571. The molecule has 0 amide bonds. The zero-order chi connectivity index (χ0) is 13.1. The van der Waals surface area contributed by atoms with Gasteiger partial charge in [-0.05, 0) is 38.6 Å². The molecule has 1 aliphatic heterocycles. The number of hydrogen-bond acceptors (Lipinski definition) is 3. The van der Waals surface area contributed by atoms with Gasteiger partial charge < -0.3 is 15.5 Å². The first-order valence-corrected chi connectivity index (χ1v) is 6.62. The Hall–Kier alpha value is -1.29. The molecule has 1 fully saturated rings. The van der Waals surface area contributed by atoms with Gasteiger partial charge in [0.15, 0.2) is 0 Å². The molecule has 100 valence electrons. The second kappa shape index (κ2) is 5.57. The second-order valence-corrected chi connectivity index (χ2v) is 5.04. The number of rotatable bonds is 2. The van der Waals surface area contributed by atoms with Crippen LogP contribution >= 0.6 is 0 Å². The van der Waals surface area contributed by atoms with Crippen molar-refractivity contribution in [2.45, 2.75) is 25.8 Å². The molecule has 4 heteroatoms. The molecule has 1 unspecified atom stereocenters. The molecule has 2 rings (SSSR count). The summed E-state index contributed by atoms with van der Waals surface area (Å²) in [7, 11) is 2.14. The van der Waals surface area contributed by atoms with Gasteiger partial charge >= 0.3 is 0 Å². The van der Waals surface area contributed by atoms with Gasteiger partial charge in [0.25, 0.3) is 0 Å². The summed E-state index contributed by atoms with van der Waals surface area (Å²) >= 11 is 0. The van der Waals surface area contributed by atoms with Crippen molar-refractivity contribution in [1.82, 2.24) is 4.90 Å². The van der Waals surface area contributed by atoms with Crippen molar-refractivity contribution in [3.8, 4) is 0 Å². The predicted molar refractivity (Wildman–Crippen MR) is 74.4 cm³/mol. The number of likely N-dealkylation sites (N-methyl/N-ethyl adjacent to an activating group) is 1. The Morgan fingerprint density at radius 1 is 1.39 bits per heavy atom. The fourth-order valence-electron chi connectivity index (χ4n) is 2.69. The van der Waals surface area contributed by atoms with Crippen molar-refractivity contribution < 1.29 is 4.39 Å². The van der Waals surface area contributed by atoms with Crippen molar-refractivity contribution in [1.29, 1.82) is 0 Å². The van der Waals surface area contributed by atoms with Gasteiger partial charge in [-0.25, -0.2) is 4.39 Å². The number of nitrogens with two attached hydrogens (primary N) is 1. The first-order chi connectivity index (χ1) is 8.63. The quantitative estimate of drug-likeness (QED) is 0.819. The lowest BCUT2D eigenvalue weighted by Gasteiger charge is -2.33. The van der Waals surface area contributed by atoms with Gasteiger partial charge in [0.05, 0.1) is 11.4 Å². The largest absolute Gasteiger partial charge is 0.395 e. The number of para-hydroxylation sites is 1. The zero-order valence-corrected chi connectivity index (χ0v) is 11.2. The van der Waals surface area contributed by atoms with Crippen molar-refractivity contribution in [2.75, 3.05) is 37.3 Å². The van der Waals surface area contributed by atoms with E-state index in [0.717, 1.165) is 38.2 Å². The summed E-state index contributed by atoms with van der Waals surface area (Å²) in [5.74, 6) is -0.319. The van der Waals surface area contributed by atoms with E-state index < -0.39 is 0 Å². The van der Waals surface area contributed by atoms with E-state index in [1.165, 1.54) is 6.07 Å². The number of benzene rings is 1. The minimum atomic E-state index is -0.319. The third kappa shape index (κ3) is 2.58. The minimum absolute atomic E-state index is 0.278. The zero-order valence-electron chi connectivity index (χ0n) is 11.2. The summed E-state index contributed by atoms with van der Waals surface area (Å²) in [6.45, 7) is 5.21. The highest BCUT2D eigenvalue weighted by molar-refractivity contribution is 5.68. The maximum absolute atomic E-state index is 13.6. The Labute approximate surface area is 108 Å². The SMILES string of the molecule is CCC1CN(C)CCCN1c1cccc(F)c1N. The Morgan fingerprint density at radius 3 is 2.89 bits per heavy atom. The summed E-state index contributed by atoms with van der Waals surface area (Å²) in [4.78, 5) is 4.60. The molecule has 0 bridgehead atoms. The number of nitrogen functional groups attached to an aromatic ring is 1. The summed E-state index contributed by atoms with van der Waals surface area (Å²) in [6.07, 6.45) is 2.13. The van der Waals surface area contributed by atoms with Crippen LogP contribution in [0.1, 0.15) is 19.8 Å². The van der Waals surface area contributed by atoms with E-state index in [2.05, 4.69) is 23.8 Å². The molecule has 0 spiro atoms. The van der Waals surface area contributed by atoms with E-state index in [0.29, 0.717) is 6.04 Å². The molecule has 0 aliphatic carbocycles. The van der Waals surface area contributed by atoms with Crippen molar-refractivity contribution >= 4 is 11.4 Å². The number of halogens is 1. The van der Waals surface area contributed by atoms with Crippen LogP contribution in [0.15, 0.2) is 18.2 Å². The third-order valence-electron chi connectivity index (χ3n) is 3.71. The lowest BCUT2D eigenvalue weighted by molar-refractivity contribution is 0.328. The van der Waals surface area contributed by atoms with Gasteiger partial charge in [0.1, 0.15) is 5.82 Å². The molecule has 0 radical (unpaired) electrons. The summed E-state index contributed by atoms with van der Waals surface area (Å²) < 4.78 is 13.6.